The molecule has 0 aliphatic carbocycles. The molecule has 0 bridgehead atoms. The summed E-state index contributed by atoms with van der Waals surface area (Å²) in [5, 5.41) is 2.45. The van der Waals surface area contributed by atoms with Crippen molar-refractivity contribution in [3.63, 3.8) is 0 Å². The molecule has 38 heavy (non-hydrogen) atoms. The molecule has 0 fully saturated rings. The lowest BCUT2D eigenvalue weighted by Gasteiger charge is -2.12. The van der Waals surface area contributed by atoms with Gasteiger partial charge < -0.3 is 9.13 Å². The molecule has 2 nitrogen and oxygen atoms in total. The first-order valence-corrected chi connectivity index (χ1v) is 12.0. The largest absolute Gasteiger partial charge is 0.309 e. The molecule has 8 aromatic rings. The Balaban J connectivity index is 1.48. The van der Waals surface area contributed by atoms with Crippen molar-refractivity contribution in [1.82, 2.24) is 9.13 Å². The summed E-state index contributed by atoms with van der Waals surface area (Å²) in [7, 11) is 0. The Hall–Kier alpha value is -5.08. The molecule has 0 aliphatic heterocycles. The van der Waals surface area contributed by atoms with Crippen LogP contribution in [0.4, 0.5) is 0 Å². The summed E-state index contributed by atoms with van der Waals surface area (Å²) < 4.78 is 115. The zero-order valence-corrected chi connectivity index (χ0v) is 19.7. The van der Waals surface area contributed by atoms with E-state index in [-0.39, 0.29) is 35.4 Å². The molecule has 0 radical (unpaired) electrons. The van der Waals surface area contributed by atoms with Gasteiger partial charge in [-0.2, -0.15) is 0 Å². The average molecular weight is 498 g/mol. The van der Waals surface area contributed by atoms with Crippen LogP contribution in [0.3, 0.4) is 0 Å². The lowest BCUT2D eigenvalue weighted by atomic mass is 10.1. The number of benzene rings is 6. The maximum Gasteiger partial charge on any atom is 0.0645 e. The van der Waals surface area contributed by atoms with E-state index < -0.39 is 65.5 Å². The van der Waals surface area contributed by atoms with Gasteiger partial charge in [0.15, 0.2) is 0 Å². The average Bonchev–Trinajstić information content (AvgIpc) is 3.65. The normalized spacial score (nSPS) is 16.5. The van der Waals surface area contributed by atoms with E-state index in [4.69, 9.17) is 15.1 Å². The van der Waals surface area contributed by atoms with Gasteiger partial charge in [0.05, 0.1) is 39.9 Å². The number of rotatable bonds is 3. The highest BCUT2D eigenvalue weighted by Gasteiger charge is 2.16. The molecule has 8 rings (SSSR count). The summed E-state index contributed by atoms with van der Waals surface area (Å²) in [6, 6.07) is 13.4. The molecule has 0 unspecified atom stereocenters. The van der Waals surface area contributed by atoms with E-state index in [1.165, 1.54) is 0 Å². The minimum atomic E-state index is -0.656. The third kappa shape index (κ3) is 3.07. The molecule has 0 amide bonds. The molecule has 6 aromatic carbocycles. The minimum Gasteiger partial charge on any atom is -0.309 e. The van der Waals surface area contributed by atoms with Crippen LogP contribution in [0.25, 0.3) is 66.1 Å². The van der Waals surface area contributed by atoms with Crippen LogP contribution in [-0.4, -0.2) is 9.13 Å². The van der Waals surface area contributed by atoms with Crippen molar-refractivity contribution in [2.24, 2.45) is 0 Å². The third-order valence-corrected chi connectivity index (χ3v) is 6.81. The van der Waals surface area contributed by atoms with Gasteiger partial charge >= 0.3 is 0 Å². The van der Waals surface area contributed by atoms with Crippen molar-refractivity contribution < 1.29 is 17.8 Å². The van der Waals surface area contributed by atoms with E-state index in [9.17, 15) is 2.74 Å². The molecule has 0 saturated heterocycles. The Morgan fingerprint density at radius 2 is 0.974 bits per heavy atom. The van der Waals surface area contributed by atoms with Crippen molar-refractivity contribution in [1.29, 1.82) is 0 Å². The van der Waals surface area contributed by atoms with Crippen LogP contribution < -0.4 is 0 Å². The first-order valence-electron chi connectivity index (χ1n) is 18.5. The molecule has 2 heteroatoms. The smallest absolute Gasteiger partial charge is 0.0645 e. The second-order valence-electron chi connectivity index (χ2n) is 8.85. The fourth-order valence-corrected chi connectivity index (χ4v) is 5.19. The van der Waals surface area contributed by atoms with Gasteiger partial charge in [-0.3, -0.25) is 0 Å². The van der Waals surface area contributed by atoms with Crippen molar-refractivity contribution in [3.8, 4) is 22.5 Å². The molecule has 178 valence electrons. The van der Waals surface area contributed by atoms with Gasteiger partial charge in [-0.15, -0.1) is 0 Å². The summed E-state index contributed by atoms with van der Waals surface area (Å²) in [4.78, 5) is 0. The van der Waals surface area contributed by atoms with Crippen LogP contribution in [0.15, 0.2) is 145 Å². The highest BCUT2D eigenvalue weighted by atomic mass is 15.0. The van der Waals surface area contributed by atoms with Crippen molar-refractivity contribution in [2.75, 3.05) is 0 Å². The third-order valence-electron chi connectivity index (χ3n) is 6.81. The lowest BCUT2D eigenvalue weighted by Crippen LogP contribution is -1.97. The second kappa shape index (κ2) is 8.22. The Morgan fingerprint density at radius 1 is 0.395 bits per heavy atom. The zero-order chi connectivity index (χ0) is 36.4. The lowest BCUT2D eigenvalue weighted by molar-refractivity contribution is 1.15. The molecule has 2 aromatic heterocycles. The van der Waals surface area contributed by atoms with Crippen LogP contribution in [0, 0.1) is 0 Å². The standard InChI is InChI=1S/C36H24N2/c1-2-10-25(11-3-1)26-18-20-27(21-19-26)37-33-15-7-6-14-31(33)32-23-22-28(24-36(32)37)38-34-16-8-4-12-29(34)30-13-5-9-17-35(30)38/h1-24H/i1D,2D,3D,4D,8D,10D,11D,12D,16D,18D,19D,20D,21D. The summed E-state index contributed by atoms with van der Waals surface area (Å²) in [5.41, 5.74) is 1.52. The molecule has 2 heterocycles. The van der Waals surface area contributed by atoms with Gasteiger partial charge in [0.1, 0.15) is 0 Å². The summed E-state index contributed by atoms with van der Waals surface area (Å²) >= 11 is 0. The van der Waals surface area contributed by atoms with Crippen LogP contribution in [0.2, 0.25) is 0 Å². The van der Waals surface area contributed by atoms with Gasteiger partial charge in [0, 0.05) is 32.9 Å². The van der Waals surface area contributed by atoms with Gasteiger partial charge in [0.2, 0.25) is 0 Å². The summed E-state index contributed by atoms with van der Waals surface area (Å²) in [6.07, 6.45) is 0. The first-order chi connectivity index (χ1) is 24.3. The van der Waals surface area contributed by atoms with E-state index in [2.05, 4.69) is 0 Å². The van der Waals surface area contributed by atoms with Gasteiger partial charge in [0.25, 0.3) is 0 Å². The van der Waals surface area contributed by atoms with Gasteiger partial charge in [-0.05, 0) is 53.5 Å². The number of hydrogen-bond donors (Lipinski definition) is 0. The molecule has 0 aliphatic rings. The predicted molar refractivity (Wildman–Crippen MR) is 161 cm³/mol. The van der Waals surface area contributed by atoms with E-state index in [0.717, 1.165) is 5.39 Å². The molecule has 0 atom stereocenters. The van der Waals surface area contributed by atoms with Crippen LogP contribution in [0.5, 0.6) is 0 Å². The highest BCUT2D eigenvalue weighted by molar-refractivity contribution is 6.12. The molecular formula is C36H24N2. The Labute approximate surface area is 238 Å². The Kier molecular flexibility index (Phi) is 2.59. The maximum atomic E-state index is 9.19. The van der Waals surface area contributed by atoms with Gasteiger partial charge in [-0.1, -0.05) is 103 Å². The minimum absolute atomic E-state index is 0.117. The van der Waals surface area contributed by atoms with E-state index in [1.54, 1.807) is 39.5 Å². The number of para-hydroxylation sites is 3. The van der Waals surface area contributed by atoms with Crippen LogP contribution in [-0.2, 0) is 0 Å². The quantitative estimate of drug-likeness (QED) is 0.230. The first kappa shape index (κ1) is 12.0. The van der Waals surface area contributed by atoms with Crippen molar-refractivity contribution in [3.05, 3.63) is 145 Å². The Bertz CT molecular complexity index is 2790. The van der Waals surface area contributed by atoms with Crippen LogP contribution in [0.1, 0.15) is 17.8 Å². The van der Waals surface area contributed by atoms with Crippen LogP contribution >= 0.6 is 0 Å². The van der Waals surface area contributed by atoms with Gasteiger partial charge in [-0.25, -0.2) is 0 Å². The van der Waals surface area contributed by atoms with E-state index >= 15 is 0 Å². The zero-order valence-electron chi connectivity index (χ0n) is 32.7. The summed E-state index contributed by atoms with van der Waals surface area (Å²) in [5.74, 6) is 0. The van der Waals surface area contributed by atoms with E-state index in [0.29, 0.717) is 38.4 Å². The second-order valence-corrected chi connectivity index (χ2v) is 8.85. The number of nitrogens with zero attached hydrogens (tertiary/aromatic N) is 2. The SMILES string of the molecule is [2H]c1c([2H])c([2H])c(-c2c([2H])c([2H])c(-n3c4ccccc4c4ccc(-n5c6ccccc6c6c([2H])c([2H])c([2H])c([2H])c65)cc43)c([2H])c2[2H])c([2H])c1[2H]. The predicted octanol–water partition coefficient (Wildman–Crippen LogP) is 9.55. The van der Waals surface area contributed by atoms with Crippen molar-refractivity contribution >= 4 is 43.6 Å². The number of fused-ring (bicyclic) bond motifs is 6. The molecular weight excluding hydrogens is 460 g/mol. The molecule has 0 spiro atoms. The monoisotopic (exact) mass is 497 g/mol. The number of hydrogen-bond acceptors (Lipinski definition) is 0. The van der Waals surface area contributed by atoms with E-state index in [1.807, 2.05) is 36.4 Å². The Morgan fingerprint density at radius 3 is 1.74 bits per heavy atom. The molecule has 0 N–H and O–H groups in total. The molecule has 0 saturated carbocycles. The maximum absolute atomic E-state index is 9.19. The van der Waals surface area contributed by atoms with Crippen molar-refractivity contribution in [2.45, 2.75) is 0 Å². The fourth-order valence-electron chi connectivity index (χ4n) is 5.19. The topological polar surface area (TPSA) is 9.86 Å². The highest BCUT2D eigenvalue weighted by Crippen LogP contribution is 2.37. The number of aromatic nitrogens is 2. The summed E-state index contributed by atoms with van der Waals surface area (Å²) in [6.45, 7) is 0. The fraction of sp³-hybridized carbons (Fsp3) is 0.